The van der Waals surface area contributed by atoms with Crippen LogP contribution in [0.5, 0.6) is 11.5 Å². The van der Waals surface area contributed by atoms with Crippen molar-refractivity contribution in [2.24, 2.45) is 0 Å². The van der Waals surface area contributed by atoms with Crippen molar-refractivity contribution in [1.82, 2.24) is 4.90 Å². The second-order valence-corrected chi connectivity index (χ2v) is 6.73. The van der Waals surface area contributed by atoms with Crippen molar-refractivity contribution in [3.8, 4) is 11.5 Å². The van der Waals surface area contributed by atoms with Crippen molar-refractivity contribution >= 4 is 35.2 Å². The summed E-state index contributed by atoms with van der Waals surface area (Å²) in [6.07, 6.45) is 3.70. The van der Waals surface area contributed by atoms with Gasteiger partial charge in [0.15, 0.2) is 11.5 Å². The Bertz CT molecular complexity index is 957. The zero-order valence-electron chi connectivity index (χ0n) is 14.6. The molecular weight excluding hydrogens is 368 g/mol. The van der Waals surface area contributed by atoms with E-state index >= 15 is 0 Å². The lowest BCUT2D eigenvalue weighted by molar-refractivity contribution is -0.129. The Morgan fingerprint density at radius 1 is 1.22 bits per heavy atom. The predicted octanol–water partition coefficient (Wildman–Crippen LogP) is 3.97. The van der Waals surface area contributed by atoms with Gasteiger partial charge in [-0.1, -0.05) is 35.9 Å². The predicted molar refractivity (Wildman–Crippen MR) is 102 cm³/mol. The van der Waals surface area contributed by atoms with E-state index < -0.39 is 0 Å². The number of carbonyl (C=O) groups excluding carboxylic acids is 2. The quantitative estimate of drug-likeness (QED) is 0.869. The highest BCUT2D eigenvalue weighted by Gasteiger charge is 2.28. The zero-order chi connectivity index (χ0) is 19.0. The molecule has 2 heterocycles. The number of hydrogen-bond donors (Lipinski definition) is 1. The number of hydrogen-bond acceptors (Lipinski definition) is 4. The fraction of sp³-hybridized carbons (Fsp3) is 0.200. The molecule has 7 heteroatoms. The van der Waals surface area contributed by atoms with E-state index in [2.05, 4.69) is 5.32 Å². The number of ether oxygens (including phenoxy) is 2. The highest BCUT2D eigenvalue weighted by atomic mass is 35.5. The largest absolute Gasteiger partial charge is 0.454 e. The van der Waals surface area contributed by atoms with Gasteiger partial charge in [-0.25, -0.2) is 0 Å². The minimum atomic E-state index is -0.378. The molecule has 138 valence electrons. The van der Waals surface area contributed by atoms with E-state index in [1.165, 1.54) is 6.92 Å². The first-order valence-electron chi connectivity index (χ1n) is 8.48. The molecule has 4 rings (SSSR count). The second kappa shape index (κ2) is 6.96. The summed E-state index contributed by atoms with van der Waals surface area (Å²) in [7, 11) is 0. The van der Waals surface area contributed by atoms with E-state index in [1.54, 1.807) is 23.2 Å². The molecule has 2 aliphatic rings. The summed E-state index contributed by atoms with van der Waals surface area (Å²) in [5.41, 5.74) is 2.37. The summed E-state index contributed by atoms with van der Waals surface area (Å²) in [6.45, 7) is 1.61. The van der Waals surface area contributed by atoms with Gasteiger partial charge in [0.05, 0.1) is 23.2 Å². The van der Waals surface area contributed by atoms with Crippen LogP contribution in [0.3, 0.4) is 0 Å². The second-order valence-electron chi connectivity index (χ2n) is 6.32. The maximum Gasteiger partial charge on any atom is 0.231 e. The molecule has 1 atom stereocenters. The summed E-state index contributed by atoms with van der Waals surface area (Å²) < 4.78 is 10.6. The molecule has 0 radical (unpaired) electrons. The molecule has 0 spiro atoms. The van der Waals surface area contributed by atoms with Crippen LogP contribution in [0.4, 0.5) is 5.69 Å². The maximum absolute atomic E-state index is 12.7. The number of benzene rings is 2. The van der Waals surface area contributed by atoms with E-state index in [-0.39, 0.29) is 31.1 Å². The molecule has 1 N–H and O–H groups in total. The van der Waals surface area contributed by atoms with Crippen molar-refractivity contribution in [2.45, 2.75) is 19.4 Å². The van der Waals surface area contributed by atoms with E-state index in [1.807, 2.05) is 30.3 Å². The SMILES string of the molecule is CC(=O)N1C=Cc2ccccc2[C@H]1CC(=O)Nc1cc2c(cc1Cl)OCO2. The summed E-state index contributed by atoms with van der Waals surface area (Å²) >= 11 is 6.23. The topological polar surface area (TPSA) is 67.9 Å². The molecule has 2 amide bonds. The molecule has 2 aromatic rings. The molecule has 6 nitrogen and oxygen atoms in total. The van der Waals surface area contributed by atoms with Crippen molar-refractivity contribution in [2.75, 3.05) is 12.1 Å². The number of carbonyl (C=O) groups is 2. The van der Waals surface area contributed by atoms with E-state index in [9.17, 15) is 9.59 Å². The zero-order valence-corrected chi connectivity index (χ0v) is 15.3. The van der Waals surface area contributed by atoms with Crippen LogP contribution in [-0.4, -0.2) is 23.5 Å². The highest BCUT2D eigenvalue weighted by Crippen LogP contribution is 2.39. The molecule has 27 heavy (non-hydrogen) atoms. The Labute approximate surface area is 161 Å². The molecule has 0 aromatic heterocycles. The van der Waals surface area contributed by atoms with Crippen LogP contribution in [-0.2, 0) is 9.59 Å². The molecule has 0 aliphatic carbocycles. The number of fused-ring (bicyclic) bond motifs is 2. The molecule has 0 bridgehead atoms. The summed E-state index contributed by atoms with van der Waals surface area (Å²) in [4.78, 5) is 26.3. The molecule has 0 fully saturated rings. The van der Waals surface area contributed by atoms with Gasteiger partial charge in [0.25, 0.3) is 0 Å². The van der Waals surface area contributed by atoms with Gasteiger partial charge in [0.1, 0.15) is 0 Å². The van der Waals surface area contributed by atoms with Gasteiger partial charge in [-0.05, 0) is 17.2 Å². The lowest BCUT2D eigenvalue weighted by Gasteiger charge is -2.32. The Morgan fingerprint density at radius 2 is 1.96 bits per heavy atom. The molecule has 0 saturated heterocycles. The number of amides is 2. The first-order chi connectivity index (χ1) is 13.0. The van der Waals surface area contributed by atoms with Gasteiger partial charge < -0.3 is 19.7 Å². The standard InChI is InChI=1S/C20H17ClN2O4/c1-12(24)23-7-6-13-4-2-3-5-14(13)17(23)10-20(25)22-16-9-19-18(8-15(16)21)26-11-27-19/h2-9,17H,10-11H2,1H3,(H,22,25)/t17-/m1/s1. The number of anilines is 1. The molecule has 0 unspecified atom stereocenters. The Kier molecular flexibility index (Phi) is 4.49. The van der Waals surface area contributed by atoms with Crippen molar-refractivity contribution in [3.63, 3.8) is 0 Å². The van der Waals surface area contributed by atoms with E-state index in [4.69, 9.17) is 21.1 Å². The molecule has 2 aliphatic heterocycles. The van der Waals surface area contributed by atoms with Crippen molar-refractivity contribution in [1.29, 1.82) is 0 Å². The van der Waals surface area contributed by atoms with Crippen molar-refractivity contribution in [3.05, 3.63) is 58.7 Å². The number of nitrogens with one attached hydrogen (secondary N) is 1. The first kappa shape index (κ1) is 17.4. The van der Waals surface area contributed by atoms with Crippen LogP contribution in [0, 0.1) is 0 Å². The van der Waals surface area contributed by atoms with Gasteiger partial charge in [0, 0.05) is 25.3 Å². The van der Waals surface area contributed by atoms with E-state index in [0.29, 0.717) is 22.2 Å². The Morgan fingerprint density at radius 3 is 2.74 bits per heavy atom. The third-order valence-corrected chi connectivity index (χ3v) is 4.90. The maximum atomic E-state index is 12.7. The Balaban J connectivity index is 1.56. The van der Waals surface area contributed by atoms with Gasteiger partial charge in [-0.3, -0.25) is 9.59 Å². The van der Waals surface area contributed by atoms with Crippen LogP contribution in [0.2, 0.25) is 5.02 Å². The van der Waals surface area contributed by atoms with Crippen LogP contribution >= 0.6 is 11.6 Å². The van der Waals surface area contributed by atoms with Gasteiger partial charge >= 0.3 is 0 Å². The molecule has 0 saturated carbocycles. The van der Waals surface area contributed by atoms with Crippen LogP contribution in [0.1, 0.15) is 30.5 Å². The van der Waals surface area contributed by atoms with Crippen LogP contribution in [0.25, 0.3) is 6.08 Å². The fourth-order valence-corrected chi connectivity index (χ4v) is 3.50. The minimum Gasteiger partial charge on any atom is -0.454 e. The monoisotopic (exact) mass is 384 g/mol. The molecular formula is C20H17ClN2O4. The average Bonchev–Trinajstić information content (AvgIpc) is 3.09. The lowest BCUT2D eigenvalue weighted by Crippen LogP contribution is -2.33. The average molecular weight is 385 g/mol. The third-order valence-electron chi connectivity index (χ3n) is 4.58. The summed E-state index contributed by atoms with van der Waals surface area (Å²) in [5.74, 6) is 0.704. The number of halogens is 1. The van der Waals surface area contributed by atoms with Gasteiger partial charge in [-0.15, -0.1) is 0 Å². The van der Waals surface area contributed by atoms with Gasteiger partial charge in [-0.2, -0.15) is 0 Å². The first-order valence-corrected chi connectivity index (χ1v) is 8.86. The highest BCUT2D eigenvalue weighted by molar-refractivity contribution is 6.34. The lowest BCUT2D eigenvalue weighted by atomic mass is 9.93. The van der Waals surface area contributed by atoms with Crippen LogP contribution < -0.4 is 14.8 Å². The smallest absolute Gasteiger partial charge is 0.231 e. The normalized spacial score (nSPS) is 16.8. The number of nitrogens with zero attached hydrogens (tertiary/aromatic N) is 1. The summed E-state index contributed by atoms with van der Waals surface area (Å²) in [6, 6.07) is 10.6. The summed E-state index contributed by atoms with van der Waals surface area (Å²) in [5, 5.41) is 3.17. The molecule has 2 aromatic carbocycles. The van der Waals surface area contributed by atoms with Crippen molar-refractivity contribution < 1.29 is 19.1 Å². The number of rotatable bonds is 3. The van der Waals surface area contributed by atoms with Crippen LogP contribution in [0.15, 0.2) is 42.6 Å². The minimum absolute atomic E-state index is 0.103. The fourth-order valence-electron chi connectivity index (χ4n) is 3.30. The van der Waals surface area contributed by atoms with E-state index in [0.717, 1.165) is 11.1 Å². The third kappa shape index (κ3) is 3.36. The van der Waals surface area contributed by atoms with Gasteiger partial charge in [0.2, 0.25) is 18.6 Å². The Hall–Kier alpha value is -2.99.